The van der Waals surface area contributed by atoms with Crippen molar-refractivity contribution >= 4 is 11.9 Å². The van der Waals surface area contributed by atoms with Crippen molar-refractivity contribution in [3.8, 4) is 0 Å². The molecule has 1 aliphatic rings. The topological polar surface area (TPSA) is 58.1 Å². The number of hydrogen-bond acceptors (Lipinski definition) is 4. The van der Waals surface area contributed by atoms with Crippen molar-refractivity contribution in [1.29, 1.82) is 0 Å². The van der Waals surface area contributed by atoms with Gasteiger partial charge in [-0.05, 0) is 31.0 Å². The van der Waals surface area contributed by atoms with Crippen LogP contribution in [0.2, 0.25) is 0 Å². The minimum Gasteiger partial charge on any atom is -0.351 e. The molecule has 1 fully saturated rings. The van der Waals surface area contributed by atoms with Crippen LogP contribution >= 0.6 is 0 Å². The Kier molecular flexibility index (Phi) is 4.09. The molecule has 21 heavy (non-hydrogen) atoms. The number of hydrogen-bond donors (Lipinski definition) is 1. The minimum absolute atomic E-state index is 0.116. The lowest BCUT2D eigenvalue weighted by Crippen LogP contribution is -2.42. The molecule has 1 aromatic carbocycles. The van der Waals surface area contributed by atoms with Gasteiger partial charge in [0.15, 0.2) is 0 Å². The number of rotatable bonds is 3. The first-order valence-corrected chi connectivity index (χ1v) is 7.21. The summed E-state index contributed by atoms with van der Waals surface area (Å²) in [5.74, 6) is 0.773. The molecule has 0 aliphatic carbocycles. The second-order valence-corrected chi connectivity index (χ2v) is 5.15. The van der Waals surface area contributed by atoms with Gasteiger partial charge in [-0.3, -0.25) is 4.79 Å². The van der Waals surface area contributed by atoms with Gasteiger partial charge >= 0.3 is 0 Å². The highest BCUT2D eigenvalue weighted by Crippen LogP contribution is 2.16. The van der Waals surface area contributed by atoms with Gasteiger partial charge in [0.25, 0.3) is 5.91 Å². The Morgan fingerprint density at radius 3 is 2.38 bits per heavy atom. The maximum Gasteiger partial charge on any atom is 0.253 e. The van der Waals surface area contributed by atoms with E-state index in [0.29, 0.717) is 12.0 Å². The normalized spacial score (nSPS) is 15.7. The highest BCUT2D eigenvalue weighted by Gasteiger charge is 2.23. The van der Waals surface area contributed by atoms with Crippen LogP contribution in [0.1, 0.15) is 23.2 Å². The molecule has 1 saturated heterocycles. The number of amides is 1. The summed E-state index contributed by atoms with van der Waals surface area (Å²) >= 11 is 0. The largest absolute Gasteiger partial charge is 0.351 e. The molecule has 2 heterocycles. The molecule has 0 saturated carbocycles. The molecular weight excluding hydrogens is 264 g/mol. The average Bonchev–Trinajstić information content (AvgIpc) is 2.57. The lowest BCUT2D eigenvalue weighted by Gasteiger charge is -2.32. The minimum atomic E-state index is 0.116. The Morgan fingerprint density at radius 1 is 1.05 bits per heavy atom. The smallest absolute Gasteiger partial charge is 0.253 e. The molecule has 3 rings (SSSR count). The molecule has 0 atom stereocenters. The summed E-state index contributed by atoms with van der Waals surface area (Å²) < 4.78 is 0. The maximum atomic E-state index is 12.3. The van der Waals surface area contributed by atoms with Crippen LogP contribution in [0.5, 0.6) is 0 Å². The van der Waals surface area contributed by atoms with Gasteiger partial charge in [-0.25, -0.2) is 9.97 Å². The molecule has 5 nitrogen and oxygen atoms in total. The van der Waals surface area contributed by atoms with Crippen LogP contribution in [-0.4, -0.2) is 39.9 Å². The molecule has 1 aliphatic heterocycles. The van der Waals surface area contributed by atoms with Crippen molar-refractivity contribution in [3.63, 3.8) is 0 Å². The van der Waals surface area contributed by atoms with Crippen molar-refractivity contribution < 1.29 is 4.79 Å². The fraction of sp³-hybridized carbons (Fsp3) is 0.312. The maximum absolute atomic E-state index is 12.3. The molecule has 2 aromatic rings. The summed E-state index contributed by atoms with van der Waals surface area (Å²) in [5, 5.41) is 3.32. The summed E-state index contributed by atoms with van der Waals surface area (Å²) in [4.78, 5) is 22.6. The second-order valence-electron chi connectivity index (χ2n) is 5.15. The Hall–Kier alpha value is -2.43. The van der Waals surface area contributed by atoms with Gasteiger partial charge in [-0.15, -0.1) is 0 Å². The van der Waals surface area contributed by atoms with Crippen LogP contribution in [0.25, 0.3) is 0 Å². The zero-order valence-electron chi connectivity index (χ0n) is 11.8. The lowest BCUT2D eigenvalue weighted by molar-refractivity contribution is 0.0718. The van der Waals surface area contributed by atoms with Crippen molar-refractivity contribution in [1.82, 2.24) is 14.9 Å². The number of carbonyl (C=O) groups is 1. The number of nitrogens with one attached hydrogen (secondary N) is 1. The summed E-state index contributed by atoms with van der Waals surface area (Å²) in [6.07, 6.45) is 5.28. The van der Waals surface area contributed by atoms with E-state index in [0.717, 1.165) is 31.5 Å². The first-order valence-electron chi connectivity index (χ1n) is 7.21. The number of nitrogens with zero attached hydrogens (tertiary/aromatic N) is 3. The summed E-state index contributed by atoms with van der Waals surface area (Å²) in [6, 6.07) is 11.6. The Morgan fingerprint density at radius 2 is 1.71 bits per heavy atom. The van der Waals surface area contributed by atoms with Crippen molar-refractivity contribution in [2.45, 2.75) is 18.9 Å². The van der Waals surface area contributed by atoms with Gasteiger partial charge in [-0.1, -0.05) is 18.2 Å². The molecule has 5 heteroatoms. The molecule has 1 N–H and O–H groups in total. The van der Waals surface area contributed by atoms with E-state index in [-0.39, 0.29) is 5.91 Å². The fourth-order valence-corrected chi connectivity index (χ4v) is 2.55. The van der Waals surface area contributed by atoms with Crippen molar-refractivity contribution in [3.05, 3.63) is 54.4 Å². The van der Waals surface area contributed by atoms with Gasteiger partial charge in [0, 0.05) is 37.1 Å². The van der Waals surface area contributed by atoms with Gasteiger partial charge in [0.05, 0.1) is 0 Å². The van der Waals surface area contributed by atoms with Crippen molar-refractivity contribution in [2.75, 3.05) is 18.4 Å². The molecule has 1 amide bonds. The Balaban J connectivity index is 1.54. The third kappa shape index (κ3) is 3.37. The summed E-state index contributed by atoms with van der Waals surface area (Å²) in [5.41, 5.74) is 0.760. The van der Waals surface area contributed by atoms with E-state index in [9.17, 15) is 4.79 Å². The van der Waals surface area contributed by atoms with Crippen molar-refractivity contribution in [2.24, 2.45) is 0 Å². The van der Waals surface area contributed by atoms with E-state index in [1.165, 1.54) is 0 Å². The Labute approximate surface area is 124 Å². The van der Waals surface area contributed by atoms with E-state index in [1.807, 2.05) is 35.2 Å². The summed E-state index contributed by atoms with van der Waals surface area (Å²) in [7, 11) is 0. The van der Waals surface area contributed by atoms with Gasteiger partial charge in [0.1, 0.15) is 0 Å². The number of anilines is 1. The van der Waals surface area contributed by atoms with E-state index in [1.54, 1.807) is 18.5 Å². The Bertz CT molecular complexity index is 580. The van der Waals surface area contributed by atoms with Gasteiger partial charge < -0.3 is 10.2 Å². The van der Waals surface area contributed by atoms with Crippen LogP contribution in [0, 0.1) is 0 Å². The number of likely N-dealkylation sites (tertiary alicyclic amines) is 1. The lowest BCUT2D eigenvalue weighted by atomic mass is 10.0. The van der Waals surface area contributed by atoms with E-state index >= 15 is 0 Å². The van der Waals surface area contributed by atoms with Gasteiger partial charge in [-0.2, -0.15) is 0 Å². The average molecular weight is 282 g/mol. The number of aromatic nitrogens is 2. The third-order valence-corrected chi connectivity index (χ3v) is 3.70. The predicted molar refractivity (Wildman–Crippen MR) is 81.0 cm³/mol. The number of benzene rings is 1. The number of piperidine rings is 1. The zero-order valence-corrected chi connectivity index (χ0v) is 11.8. The van der Waals surface area contributed by atoms with E-state index in [2.05, 4.69) is 15.3 Å². The molecule has 0 spiro atoms. The SMILES string of the molecule is O=C(c1ccccc1)N1CCC(Nc2ncccn2)CC1. The first-order chi connectivity index (χ1) is 10.3. The van der Waals surface area contributed by atoms with Crippen LogP contribution in [0.4, 0.5) is 5.95 Å². The van der Waals surface area contributed by atoms with Crippen LogP contribution in [-0.2, 0) is 0 Å². The van der Waals surface area contributed by atoms with E-state index in [4.69, 9.17) is 0 Å². The highest BCUT2D eigenvalue weighted by atomic mass is 16.2. The quantitative estimate of drug-likeness (QED) is 0.937. The summed E-state index contributed by atoms with van der Waals surface area (Å²) in [6.45, 7) is 1.52. The van der Waals surface area contributed by atoms with Crippen LogP contribution < -0.4 is 5.32 Å². The van der Waals surface area contributed by atoms with Crippen LogP contribution in [0.3, 0.4) is 0 Å². The molecule has 0 bridgehead atoms. The standard InChI is InChI=1S/C16H18N4O/c21-15(13-5-2-1-3-6-13)20-11-7-14(8-12-20)19-16-17-9-4-10-18-16/h1-6,9-10,14H,7-8,11-12H2,(H,17,18,19). The fourth-order valence-electron chi connectivity index (χ4n) is 2.55. The predicted octanol–water partition coefficient (Wildman–Crippen LogP) is 2.19. The van der Waals surface area contributed by atoms with Crippen LogP contribution in [0.15, 0.2) is 48.8 Å². The molecule has 108 valence electrons. The van der Waals surface area contributed by atoms with E-state index < -0.39 is 0 Å². The second kappa shape index (κ2) is 6.35. The first kappa shape index (κ1) is 13.5. The zero-order chi connectivity index (χ0) is 14.5. The molecule has 0 unspecified atom stereocenters. The third-order valence-electron chi connectivity index (χ3n) is 3.70. The highest BCUT2D eigenvalue weighted by molar-refractivity contribution is 5.94. The molecule has 0 radical (unpaired) electrons. The monoisotopic (exact) mass is 282 g/mol. The molecule has 1 aromatic heterocycles. The molecular formula is C16H18N4O. The van der Waals surface area contributed by atoms with Gasteiger partial charge in [0.2, 0.25) is 5.95 Å². The number of carbonyl (C=O) groups excluding carboxylic acids is 1.